The second-order valence-electron chi connectivity index (χ2n) is 4.83. The number of rotatable bonds is 1. The topological polar surface area (TPSA) is 0 Å². The first-order chi connectivity index (χ1) is 5.79. The van der Waals surface area contributed by atoms with Crippen LogP contribution in [0.2, 0.25) is 0 Å². The van der Waals surface area contributed by atoms with Gasteiger partial charge in [0, 0.05) is 75.5 Å². The van der Waals surface area contributed by atoms with Crippen LogP contribution < -0.4 is 0 Å². The van der Waals surface area contributed by atoms with Crippen LogP contribution in [0.15, 0.2) is 0 Å². The zero-order valence-electron chi connectivity index (χ0n) is 8.84. The van der Waals surface area contributed by atoms with Gasteiger partial charge >= 0.3 is 0 Å². The van der Waals surface area contributed by atoms with Gasteiger partial charge in [-0.15, -0.1) is 9.24 Å². The van der Waals surface area contributed by atoms with Crippen LogP contribution in [0.1, 0.15) is 45.4 Å². The molecule has 0 N–H and O–H groups in total. The Morgan fingerprint density at radius 2 is 1.43 bits per heavy atom. The van der Waals surface area contributed by atoms with Gasteiger partial charge in [-0.25, -0.2) is 0 Å². The minimum absolute atomic E-state index is 0. The van der Waals surface area contributed by atoms with Gasteiger partial charge in [0.2, 0.25) is 0 Å². The fraction of sp³-hybridized carbons (Fsp3) is 1.00. The summed E-state index contributed by atoms with van der Waals surface area (Å²) < 4.78 is 0. The molecule has 2 fully saturated rings. The molecule has 2 rings (SSSR count). The van der Waals surface area contributed by atoms with Crippen LogP contribution in [0.5, 0.6) is 0 Å². The summed E-state index contributed by atoms with van der Waals surface area (Å²) in [5, 5.41) is 0. The Hall–Kier alpha value is 2.95. The molecule has 0 amide bonds. The predicted molar refractivity (Wildman–Crippen MR) is 57.3 cm³/mol. The van der Waals surface area contributed by atoms with Crippen molar-refractivity contribution in [2.24, 2.45) is 17.8 Å². The first-order valence-electron chi connectivity index (χ1n) is 5.54. The zero-order chi connectivity index (χ0) is 8.55. The monoisotopic (exact) mass is 264 g/mol. The van der Waals surface area contributed by atoms with Gasteiger partial charge in [-0.05, 0) is 42.7 Å². The van der Waals surface area contributed by atoms with Gasteiger partial charge in [-0.3, -0.25) is 0 Å². The van der Waals surface area contributed by atoms with E-state index < -0.39 is 0 Å². The maximum atomic E-state index is 3.08. The summed E-state index contributed by atoms with van der Waals surface area (Å²) in [6.07, 6.45) is 9.00. The van der Waals surface area contributed by atoms with Crippen LogP contribution in [-0.4, -0.2) is 5.66 Å². The van der Waals surface area contributed by atoms with Crippen molar-refractivity contribution < 1.29 is 75.5 Å². The Kier molecular flexibility index (Phi) is 9.83. The average Bonchev–Trinajstić information content (AvgIpc) is 2.59. The molecule has 2 aliphatic rings. The largest absolute Gasteiger partial charge is 0.134 e. The Labute approximate surface area is 151 Å². The minimum atomic E-state index is 0. The van der Waals surface area contributed by atoms with E-state index in [0.717, 1.165) is 23.4 Å². The quantitative estimate of drug-likeness (QED) is 0.636. The second-order valence-corrected chi connectivity index (χ2v) is 5.69. The molecule has 0 spiro atoms. The molecule has 2 saturated carbocycles. The summed E-state index contributed by atoms with van der Waals surface area (Å²) in [4.78, 5) is 0. The van der Waals surface area contributed by atoms with E-state index in [4.69, 9.17) is 0 Å². The molecule has 0 bridgehead atoms. The maximum Gasteiger partial charge on any atom is 0 e. The Balaban J connectivity index is 0.000000845. The molecule has 5 atom stereocenters. The van der Waals surface area contributed by atoms with E-state index in [-0.39, 0.29) is 75.5 Å². The molecule has 0 aromatic carbocycles. The molecule has 0 aromatic rings. The maximum absolute atomic E-state index is 3.08. The Bertz CT molecular complexity index is 145. The summed E-state index contributed by atoms with van der Waals surface area (Å²) in [5.41, 5.74) is 0.954. The zero-order valence-corrected chi connectivity index (χ0v) is 11.4. The second kappa shape index (κ2) is 8.12. The first-order valence-corrected chi connectivity index (χ1v) is 6.21. The normalized spacial score (nSPS) is 41.6. The SMILES string of the molecule is C[C@H]1CCC[C@H]1[C@@H]1CCC[C@@H]1P.[Ar].[Ar]. The molecule has 14 heavy (non-hydrogen) atoms. The summed E-state index contributed by atoms with van der Waals surface area (Å²) in [7, 11) is 3.08. The third kappa shape index (κ3) is 4.01. The van der Waals surface area contributed by atoms with Gasteiger partial charge in [0.15, 0.2) is 0 Å². The standard InChI is InChI=1S/C11H21P.2Ar/c1-8-4-2-5-9(8)10-6-3-7-11(10)12;;/h8-11H,2-7,12H2,1H3;;/t8-,9+,10-,11-;;/m0../s1. The van der Waals surface area contributed by atoms with Gasteiger partial charge < -0.3 is 0 Å². The molecule has 0 nitrogen and oxygen atoms in total. The number of hydrogen-bond acceptors (Lipinski definition) is 0. The van der Waals surface area contributed by atoms with E-state index in [2.05, 4.69) is 16.2 Å². The van der Waals surface area contributed by atoms with E-state index in [1.165, 1.54) is 38.5 Å². The van der Waals surface area contributed by atoms with E-state index in [1.807, 2.05) is 0 Å². The van der Waals surface area contributed by atoms with Gasteiger partial charge in [0.1, 0.15) is 0 Å². The molecule has 0 radical (unpaired) electrons. The molecule has 0 saturated heterocycles. The van der Waals surface area contributed by atoms with Gasteiger partial charge in [-0.2, -0.15) is 0 Å². The molecule has 3 heteroatoms. The van der Waals surface area contributed by atoms with Crippen molar-refractivity contribution in [2.45, 2.75) is 51.1 Å². The van der Waals surface area contributed by atoms with E-state index >= 15 is 0 Å². The summed E-state index contributed by atoms with van der Waals surface area (Å²) >= 11 is 0. The van der Waals surface area contributed by atoms with Crippen LogP contribution in [0.3, 0.4) is 0 Å². The van der Waals surface area contributed by atoms with E-state index in [1.54, 1.807) is 0 Å². The molecule has 0 heterocycles. The van der Waals surface area contributed by atoms with Crippen molar-refractivity contribution in [1.29, 1.82) is 0 Å². The van der Waals surface area contributed by atoms with Crippen LogP contribution in [0.25, 0.3) is 0 Å². The van der Waals surface area contributed by atoms with Crippen molar-refractivity contribution >= 4 is 9.24 Å². The molecular weight excluding hydrogens is 243 g/mol. The van der Waals surface area contributed by atoms with Crippen LogP contribution >= 0.6 is 9.24 Å². The van der Waals surface area contributed by atoms with E-state index in [9.17, 15) is 0 Å². The van der Waals surface area contributed by atoms with Crippen LogP contribution in [0.4, 0.5) is 0 Å². The van der Waals surface area contributed by atoms with E-state index in [0.29, 0.717) is 0 Å². The van der Waals surface area contributed by atoms with Crippen molar-refractivity contribution in [1.82, 2.24) is 0 Å². The van der Waals surface area contributed by atoms with Crippen molar-refractivity contribution in [2.75, 3.05) is 0 Å². The van der Waals surface area contributed by atoms with Gasteiger partial charge in [0.05, 0.1) is 0 Å². The predicted octanol–water partition coefficient (Wildman–Crippen LogP) is 3.47. The summed E-state index contributed by atoms with van der Waals surface area (Å²) in [6, 6.07) is 0. The fourth-order valence-corrected chi connectivity index (χ4v) is 4.07. The number of hydrogen-bond donors (Lipinski definition) is 0. The minimum Gasteiger partial charge on any atom is -0.134 e. The third-order valence-corrected chi connectivity index (χ3v) is 4.93. The van der Waals surface area contributed by atoms with Crippen LogP contribution in [-0.2, 0) is 0 Å². The molecule has 0 aliphatic heterocycles. The average molecular weight is 264 g/mol. The van der Waals surface area contributed by atoms with Crippen molar-refractivity contribution in [3.05, 3.63) is 0 Å². The summed E-state index contributed by atoms with van der Waals surface area (Å²) in [5.74, 6) is 3.17. The van der Waals surface area contributed by atoms with Gasteiger partial charge in [0.25, 0.3) is 0 Å². The Morgan fingerprint density at radius 3 is 1.86 bits per heavy atom. The van der Waals surface area contributed by atoms with Gasteiger partial charge in [-0.1, -0.05) is 26.2 Å². The molecule has 2 aliphatic carbocycles. The first kappa shape index (κ1) is 16.9. The molecule has 86 valence electrons. The van der Waals surface area contributed by atoms with Crippen molar-refractivity contribution in [3.63, 3.8) is 0 Å². The third-order valence-electron chi connectivity index (χ3n) is 4.10. The van der Waals surface area contributed by atoms with Crippen LogP contribution in [0, 0.1) is 93.2 Å². The Morgan fingerprint density at radius 1 is 0.857 bits per heavy atom. The molecule has 1 unspecified atom stereocenters. The smallest absolute Gasteiger partial charge is 0 e. The van der Waals surface area contributed by atoms with Crippen molar-refractivity contribution in [3.8, 4) is 0 Å². The molecular formula is C11H21Ar2P. The molecule has 0 aromatic heterocycles. The summed E-state index contributed by atoms with van der Waals surface area (Å²) in [6.45, 7) is 2.47. The fourth-order valence-electron chi connectivity index (χ4n) is 3.36.